The van der Waals surface area contributed by atoms with Gasteiger partial charge in [-0.15, -0.1) is 0 Å². The van der Waals surface area contributed by atoms with Crippen molar-refractivity contribution >= 4 is 5.71 Å². The summed E-state index contributed by atoms with van der Waals surface area (Å²) in [4.78, 5) is 3.80. The van der Waals surface area contributed by atoms with Gasteiger partial charge in [0.05, 0.1) is 25.2 Å². The first kappa shape index (κ1) is 9.17. The van der Waals surface area contributed by atoms with Crippen LogP contribution in [-0.2, 0) is 4.74 Å². The van der Waals surface area contributed by atoms with E-state index in [-0.39, 0.29) is 6.61 Å². The van der Waals surface area contributed by atoms with E-state index in [4.69, 9.17) is 9.84 Å². The van der Waals surface area contributed by atoms with E-state index in [9.17, 15) is 0 Å². The standard InChI is InChI=1S/C7H13NO2/c1-6(10-3)4-7(5-9)8-2/h4,9H,5H2,1-3H3/b6-4-,8-7+. The van der Waals surface area contributed by atoms with E-state index >= 15 is 0 Å². The van der Waals surface area contributed by atoms with Gasteiger partial charge >= 0.3 is 0 Å². The molecule has 10 heavy (non-hydrogen) atoms. The molecule has 1 N–H and O–H groups in total. The molecule has 0 aliphatic heterocycles. The summed E-state index contributed by atoms with van der Waals surface area (Å²) in [5, 5.41) is 8.64. The second-order valence-electron chi connectivity index (χ2n) is 1.83. The summed E-state index contributed by atoms with van der Waals surface area (Å²) in [6.07, 6.45) is 1.69. The molecule has 0 saturated heterocycles. The fraction of sp³-hybridized carbons (Fsp3) is 0.571. The largest absolute Gasteiger partial charge is 0.501 e. The summed E-state index contributed by atoms with van der Waals surface area (Å²) in [5.74, 6) is 0.745. The first-order valence-electron chi connectivity index (χ1n) is 3.03. The number of methoxy groups -OCH3 is 1. The average molecular weight is 143 g/mol. The first-order valence-corrected chi connectivity index (χ1v) is 3.03. The lowest BCUT2D eigenvalue weighted by molar-refractivity contribution is 0.293. The first-order chi connectivity index (χ1) is 4.74. The van der Waals surface area contributed by atoms with Crippen LogP contribution in [0.3, 0.4) is 0 Å². The van der Waals surface area contributed by atoms with Crippen molar-refractivity contribution in [3.8, 4) is 0 Å². The molecule has 3 heteroatoms. The van der Waals surface area contributed by atoms with Gasteiger partial charge in [-0.05, 0) is 13.0 Å². The minimum Gasteiger partial charge on any atom is -0.501 e. The van der Waals surface area contributed by atoms with Crippen LogP contribution in [0.15, 0.2) is 16.8 Å². The van der Waals surface area contributed by atoms with Gasteiger partial charge in [0.25, 0.3) is 0 Å². The van der Waals surface area contributed by atoms with Crippen molar-refractivity contribution < 1.29 is 9.84 Å². The summed E-state index contributed by atoms with van der Waals surface area (Å²) in [5.41, 5.74) is 0.624. The molecule has 0 amide bonds. The highest BCUT2D eigenvalue weighted by atomic mass is 16.5. The van der Waals surface area contributed by atoms with Gasteiger partial charge in [-0.1, -0.05) is 0 Å². The maximum Gasteiger partial charge on any atom is 0.0943 e. The smallest absolute Gasteiger partial charge is 0.0943 e. The van der Waals surface area contributed by atoms with Crippen LogP contribution >= 0.6 is 0 Å². The van der Waals surface area contributed by atoms with Crippen LogP contribution in [0.4, 0.5) is 0 Å². The summed E-state index contributed by atoms with van der Waals surface area (Å²) in [7, 11) is 3.21. The van der Waals surface area contributed by atoms with E-state index in [0.717, 1.165) is 5.76 Å². The molecule has 0 heterocycles. The number of ether oxygens (including phenoxy) is 1. The number of hydrogen-bond acceptors (Lipinski definition) is 3. The van der Waals surface area contributed by atoms with Crippen molar-refractivity contribution in [1.82, 2.24) is 0 Å². The molecule has 0 rings (SSSR count). The molecule has 0 aromatic heterocycles. The highest BCUT2D eigenvalue weighted by Gasteiger charge is 1.91. The minimum absolute atomic E-state index is 0.0444. The summed E-state index contributed by atoms with van der Waals surface area (Å²) in [6.45, 7) is 1.76. The van der Waals surface area contributed by atoms with E-state index in [1.165, 1.54) is 0 Å². The number of aliphatic hydroxyl groups excluding tert-OH is 1. The Hall–Kier alpha value is -0.830. The van der Waals surface area contributed by atoms with Crippen molar-refractivity contribution in [2.75, 3.05) is 20.8 Å². The van der Waals surface area contributed by atoms with Gasteiger partial charge in [0.1, 0.15) is 0 Å². The van der Waals surface area contributed by atoms with Crippen LogP contribution in [0.5, 0.6) is 0 Å². The molecule has 58 valence electrons. The highest BCUT2D eigenvalue weighted by molar-refractivity contribution is 5.96. The normalized spacial score (nSPS) is 13.6. The van der Waals surface area contributed by atoms with E-state index in [2.05, 4.69) is 4.99 Å². The van der Waals surface area contributed by atoms with Gasteiger partial charge in [0.2, 0.25) is 0 Å². The molecule has 0 saturated carbocycles. The third-order valence-electron chi connectivity index (χ3n) is 1.14. The lowest BCUT2D eigenvalue weighted by Gasteiger charge is -1.98. The van der Waals surface area contributed by atoms with Gasteiger partial charge in [-0.2, -0.15) is 0 Å². The number of nitrogens with zero attached hydrogens (tertiary/aromatic N) is 1. The predicted octanol–water partition coefficient (Wildman–Crippen LogP) is 0.600. The molecule has 0 fully saturated rings. The molecular weight excluding hydrogens is 130 g/mol. The summed E-state index contributed by atoms with van der Waals surface area (Å²) in [6, 6.07) is 0. The van der Waals surface area contributed by atoms with E-state index in [1.54, 1.807) is 27.2 Å². The van der Waals surface area contributed by atoms with Crippen LogP contribution in [0.1, 0.15) is 6.92 Å². The third kappa shape index (κ3) is 3.25. The Bertz CT molecular complexity index is 150. The molecule has 0 bridgehead atoms. The third-order valence-corrected chi connectivity index (χ3v) is 1.14. The van der Waals surface area contributed by atoms with Crippen LogP contribution in [-0.4, -0.2) is 31.6 Å². The Morgan fingerprint density at radius 3 is 2.60 bits per heavy atom. The zero-order chi connectivity index (χ0) is 7.98. The second kappa shape index (κ2) is 4.99. The SMILES string of the molecule is C/N=C(\C=C(\C)OC)CO. The van der Waals surface area contributed by atoms with Crippen LogP contribution in [0.25, 0.3) is 0 Å². The van der Waals surface area contributed by atoms with Crippen molar-refractivity contribution in [3.05, 3.63) is 11.8 Å². The zero-order valence-electron chi connectivity index (χ0n) is 6.59. The van der Waals surface area contributed by atoms with Crippen LogP contribution in [0.2, 0.25) is 0 Å². The van der Waals surface area contributed by atoms with Gasteiger partial charge in [-0.25, -0.2) is 0 Å². The molecule has 0 spiro atoms. The summed E-state index contributed by atoms with van der Waals surface area (Å²) >= 11 is 0. The van der Waals surface area contributed by atoms with Gasteiger partial charge < -0.3 is 9.84 Å². The lowest BCUT2D eigenvalue weighted by atomic mass is 10.3. The molecule has 0 aliphatic rings. The van der Waals surface area contributed by atoms with Crippen molar-refractivity contribution in [3.63, 3.8) is 0 Å². The number of hydrogen-bond donors (Lipinski definition) is 1. The topological polar surface area (TPSA) is 41.8 Å². The monoisotopic (exact) mass is 143 g/mol. The second-order valence-corrected chi connectivity index (χ2v) is 1.83. The van der Waals surface area contributed by atoms with Crippen molar-refractivity contribution in [2.45, 2.75) is 6.92 Å². The number of aliphatic imine (C=N–C) groups is 1. The molecule has 3 nitrogen and oxygen atoms in total. The zero-order valence-corrected chi connectivity index (χ0v) is 6.59. The molecule has 0 aromatic rings. The number of aliphatic hydroxyl groups is 1. The van der Waals surface area contributed by atoms with E-state index < -0.39 is 0 Å². The molecule has 0 unspecified atom stereocenters. The predicted molar refractivity (Wildman–Crippen MR) is 41.2 cm³/mol. The Morgan fingerprint density at radius 1 is 1.70 bits per heavy atom. The molecule has 0 aliphatic carbocycles. The lowest BCUT2D eigenvalue weighted by Crippen LogP contribution is -2.01. The Labute approximate surface area is 61.0 Å². The van der Waals surface area contributed by atoms with Crippen LogP contribution in [0, 0.1) is 0 Å². The molecule has 0 aromatic carbocycles. The fourth-order valence-corrected chi connectivity index (χ4v) is 0.474. The fourth-order valence-electron chi connectivity index (χ4n) is 0.474. The number of rotatable bonds is 3. The van der Waals surface area contributed by atoms with Gasteiger partial charge in [0, 0.05) is 7.05 Å². The van der Waals surface area contributed by atoms with E-state index in [1.807, 2.05) is 0 Å². The van der Waals surface area contributed by atoms with Crippen molar-refractivity contribution in [1.29, 1.82) is 0 Å². The van der Waals surface area contributed by atoms with Gasteiger partial charge in [-0.3, -0.25) is 4.99 Å². The summed E-state index contributed by atoms with van der Waals surface area (Å²) < 4.78 is 4.85. The van der Waals surface area contributed by atoms with Gasteiger partial charge in [0.15, 0.2) is 0 Å². The van der Waals surface area contributed by atoms with Crippen molar-refractivity contribution in [2.24, 2.45) is 4.99 Å². The number of allylic oxidation sites excluding steroid dienone is 1. The quantitative estimate of drug-likeness (QED) is 0.464. The molecule has 0 radical (unpaired) electrons. The minimum atomic E-state index is -0.0444. The Kier molecular flexibility index (Phi) is 4.58. The molecular formula is C7H13NO2. The van der Waals surface area contributed by atoms with Crippen LogP contribution < -0.4 is 0 Å². The Balaban J connectivity index is 4.08. The maximum atomic E-state index is 8.64. The maximum absolute atomic E-state index is 8.64. The molecule has 0 atom stereocenters. The highest BCUT2D eigenvalue weighted by Crippen LogP contribution is 1.92. The average Bonchev–Trinajstić information content (AvgIpc) is 1.99. The van der Waals surface area contributed by atoms with E-state index in [0.29, 0.717) is 5.71 Å². The Morgan fingerprint density at radius 2 is 2.30 bits per heavy atom.